The second kappa shape index (κ2) is 5.99. The largest absolute Gasteiger partial charge is 0.478 e. The summed E-state index contributed by atoms with van der Waals surface area (Å²) in [6, 6.07) is 1.78. The molecule has 0 radical (unpaired) electrons. The Labute approximate surface area is 143 Å². The summed E-state index contributed by atoms with van der Waals surface area (Å²) in [4.78, 5) is 46.4. The van der Waals surface area contributed by atoms with Gasteiger partial charge >= 0.3 is 11.9 Å². The number of benzene rings is 2. The zero-order chi connectivity index (χ0) is 18.3. The van der Waals surface area contributed by atoms with E-state index in [1.54, 1.807) is 0 Å². The van der Waals surface area contributed by atoms with Crippen molar-refractivity contribution in [1.82, 2.24) is 0 Å². The first-order chi connectivity index (χ1) is 11.1. The topological polar surface area (TPSA) is 161 Å². The highest BCUT2D eigenvalue weighted by Gasteiger charge is 2.28. The number of carbonyl (C=O) groups is 4. The summed E-state index contributed by atoms with van der Waals surface area (Å²) in [6.45, 7) is 0. The normalized spacial score (nSPS) is 10.6. The molecule has 2 aromatic carbocycles. The fraction of sp³-hybridized carbons (Fsp3) is 0. The highest BCUT2D eigenvalue weighted by Crippen LogP contribution is 2.37. The minimum Gasteiger partial charge on any atom is -0.478 e. The van der Waals surface area contributed by atoms with E-state index in [2.05, 4.69) is 0 Å². The van der Waals surface area contributed by atoms with Crippen LogP contribution in [0.3, 0.4) is 0 Å². The summed E-state index contributed by atoms with van der Waals surface area (Å²) in [6.07, 6.45) is 0. The van der Waals surface area contributed by atoms with Gasteiger partial charge in [0.1, 0.15) is 0 Å². The van der Waals surface area contributed by atoms with Gasteiger partial charge in [-0.15, -0.1) is 0 Å². The molecule has 6 N–H and O–H groups in total. The van der Waals surface area contributed by atoms with Gasteiger partial charge in [-0.05, 0) is 12.1 Å². The van der Waals surface area contributed by atoms with Crippen molar-refractivity contribution < 1.29 is 29.4 Å². The number of rotatable bonds is 4. The van der Waals surface area contributed by atoms with Gasteiger partial charge in [0.25, 0.3) is 5.91 Å². The number of carboxylic acid groups (broad SMARTS) is 2. The molecule has 0 aliphatic heterocycles. The van der Waals surface area contributed by atoms with Crippen LogP contribution in [0.15, 0.2) is 12.1 Å². The lowest BCUT2D eigenvalue weighted by Gasteiger charge is -2.15. The lowest BCUT2D eigenvalue weighted by Crippen LogP contribution is -2.19. The molecule has 0 spiro atoms. The van der Waals surface area contributed by atoms with E-state index in [0.717, 1.165) is 12.1 Å². The Bertz CT molecular complexity index is 877. The molecular weight excluding hydrogens is 363 g/mol. The summed E-state index contributed by atoms with van der Waals surface area (Å²) < 4.78 is 0. The summed E-state index contributed by atoms with van der Waals surface area (Å²) in [5.41, 5.74) is 8.46. The molecule has 0 fully saturated rings. The summed E-state index contributed by atoms with van der Waals surface area (Å²) in [5, 5.41) is 17.1. The van der Waals surface area contributed by atoms with Gasteiger partial charge < -0.3 is 21.7 Å². The maximum Gasteiger partial charge on any atom is 0.337 e. The molecule has 2 aromatic rings. The first-order valence-corrected chi connectivity index (χ1v) is 6.88. The van der Waals surface area contributed by atoms with Crippen LogP contribution < -0.4 is 11.5 Å². The second-order valence-electron chi connectivity index (χ2n) is 4.65. The standard InChI is InChI=1S/C14H8Cl2N2O6/c15-5-1-3(11(17)19)7-8(9(5)12(18)20)4(13(21)22)2-6(16)10(7)14(23)24/h1-2H,(H2,17,19)(H2,18,20)(H,21,22)(H,23,24). The third kappa shape index (κ3) is 2.61. The molecule has 0 bridgehead atoms. The number of carboxylic acids is 2. The zero-order valence-electron chi connectivity index (χ0n) is 11.6. The van der Waals surface area contributed by atoms with Crippen molar-refractivity contribution in [2.45, 2.75) is 0 Å². The molecule has 8 nitrogen and oxygen atoms in total. The molecule has 2 rings (SSSR count). The molecule has 10 heteroatoms. The van der Waals surface area contributed by atoms with E-state index in [0.29, 0.717) is 0 Å². The van der Waals surface area contributed by atoms with Crippen LogP contribution >= 0.6 is 23.2 Å². The molecule has 0 heterocycles. The van der Waals surface area contributed by atoms with Crippen molar-refractivity contribution >= 4 is 57.7 Å². The first kappa shape index (κ1) is 17.5. The Morgan fingerprint density at radius 2 is 1.21 bits per heavy atom. The van der Waals surface area contributed by atoms with Crippen LogP contribution in [0.1, 0.15) is 41.4 Å². The molecule has 0 aliphatic rings. The third-order valence-electron chi connectivity index (χ3n) is 3.26. The predicted molar refractivity (Wildman–Crippen MR) is 84.9 cm³/mol. The quantitative estimate of drug-likeness (QED) is 0.640. The van der Waals surface area contributed by atoms with E-state index in [-0.39, 0.29) is 5.02 Å². The van der Waals surface area contributed by atoms with Gasteiger partial charge in [0.05, 0.1) is 26.7 Å². The number of primary amides is 2. The van der Waals surface area contributed by atoms with Gasteiger partial charge in [0.2, 0.25) is 5.91 Å². The molecular formula is C14H8Cl2N2O6. The SMILES string of the molecule is NC(=O)c1cc(Cl)c(C(N)=O)c2c(C(=O)O)cc(Cl)c(C(=O)O)c12. The van der Waals surface area contributed by atoms with Gasteiger partial charge in [0.15, 0.2) is 0 Å². The summed E-state index contributed by atoms with van der Waals surface area (Å²) in [7, 11) is 0. The third-order valence-corrected chi connectivity index (χ3v) is 3.86. The van der Waals surface area contributed by atoms with Gasteiger partial charge in [0, 0.05) is 16.3 Å². The Morgan fingerprint density at radius 1 is 0.750 bits per heavy atom. The number of fused-ring (bicyclic) bond motifs is 1. The van der Waals surface area contributed by atoms with Crippen molar-refractivity contribution in [2.75, 3.05) is 0 Å². The maximum atomic E-state index is 11.7. The van der Waals surface area contributed by atoms with Crippen molar-refractivity contribution in [3.8, 4) is 0 Å². The molecule has 124 valence electrons. The van der Waals surface area contributed by atoms with E-state index >= 15 is 0 Å². The average molecular weight is 371 g/mol. The first-order valence-electron chi connectivity index (χ1n) is 6.12. The smallest absolute Gasteiger partial charge is 0.337 e. The minimum absolute atomic E-state index is 0.343. The van der Waals surface area contributed by atoms with Gasteiger partial charge in [-0.2, -0.15) is 0 Å². The molecule has 24 heavy (non-hydrogen) atoms. The molecule has 0 unspecified atom stereocenters. The van der Waals surface area contributed by atoms with Crippen molar-refractivity contribution in [1.29, 1.82) is 0 Å². The van der Waals surface area contributed by atoms with E-state index in [4.69, 9.17) is 34.7 Å². The summed E-state index contributed by atoms with van der Waals surface area (Å²) >= 11 is 11.8. The number of carbonyl (C=O) groups excluding carboxylic acids is 2. The number of nitrogens with two attached hydrogens (primary N) is 2. The van der Waals surface area contributed by atoms with Crippen LogP contribution in [0.4, 0.5) is 0 Å². The van der Waals surface area contributed by atoms with E-state index in [9.17, 15) is 29.4 Å². The Kier molecular flexibility index (Phi) is 4.37. The van der Waals surface area contributed by atoms with Crippen LogP contribution in [0.25, 0.3) is 10.8 Å². The van der Waals surface area contributed by atoms with E-state index in [1.807, 2.05) is 0 Å². The molecule has 0 aromatic heterocycles. The van der Waals surface area contributed by atoms with Crippen LogP contribution in [-0.4, -0.2) is 34.0 Å². The lowest BCUT2D eigenvalue weighted by molar-refractivity contribution is 0.0684. The van der Waals surface area contributed by atoms with Crippen LogP contribution in [0.5, 0.6) is 0 Å². The predicted octanol–water partition coefficient (Wildman–Crippen LogP) is 1.74. The highest BCUT2D eigenvalue weighted by molar-refractivity contribution is 6.40. The van der Waals surface area contributed by atoms with Gasteiger partial charge in [-0.3, -0.25) is 9.59 Å². The van der Waals surface area contributed by atoms with Gasteiger partial charge in [-0.1, -0.05) is 23.2 Å². The summed E-state index contributed by atoms with van der Waals surface area (Å²) in [5.74, 6) is -5.28. The zero-order valence-corrected chi connectivity index (χ0v) is 13.1. The maximum absolute atomic E-state index is 11.7. The number of amides is 2. The van der Waals surface area contributed by atoms with Crippen molar-refractivity contribution in [3.63, 3.8) is 0 Å². The van der Waals surface area contributed by atoms with Crippen molar-refractivity contribution in [2.24, 2.45) is 11.5 Å². The van der Waals surface area contributed by atoms with Crippen molar-refractivity contribution in [3.05, 3.63) is 44.4 Å². The van der Waals surface area contributed by atoms with Gasteiger partial charge in [-0.25, -0.2) is 9.59 Å². The minimum atomic E-state index is -1.55. The average Bonchev–Trinajstić information content (AvgIpc) is 2.44. The monoisotopic (exact) mass is 370 g/mol. The molecule has 0 saturated heterocycles. The molecule has 0 saturated carbocycles. The number of aromatic carboxylic acids is 2. The Hall–Kier alpha value is -2.84. The van der Waals surface area contributed by atoms with E-state index < -0.39 is 61.8 Å². The lowest BCUT2D eigenvalue weighted by atomic mass is 9.91. The number of hydrogen-bond donors (Lipinski definition) is 4. The Balaban J connectivity index is 3.34. The van der Waals surface area contributed by atoms with Crippen LogP contribution in [0, 0.1) is 0 Å². The molecule has 0 atom stereocenters. The molecule has 0 aliphatic carbocycles. The Morgan fingerprint density at radius 3 is 1.62 bits per heavy atom. The van der Waals surface area contributed by atoms with Crippen LogP contribution in [0.2, 0.25) is 10.0 Å². The van der Waals surface area contributed by atoms with E-state index in [1.165, 1.54) is 0 Å². The fourth-order valence-electron chi connectivity index (χ4n) is 2.38. The van der Waals surface area contributed by atoms with Crippen LogP contribution in [-0.2, 0) is 0 Å². The molecule has 2 amide bonds. The number of halogens is 2. The fourth-order valence-corrected chi connectivity index (χ4v) is 2.96. The highest BCUT2D eigenvalue weighted by atomic mass is 35.5. The second-order valence-corrected chi connectivity index (χ2v) is 5.47. The number of hydrogen-bond acceptors (Lipinski definition) is 4.